The summed E-state index contributed by atoms with van der Waals surface area (Å²) in [5, 5.41) is 33.6. The zero-order valence-corrected chi connectivity index (χ0v) is 25.3. The molecule has 5 N–H and O–H groups in total. The number of phenols is 1. The summed E-state index contributed by atoms with van der Waals surface area (Å²) in [7, 11) is 3.22. The van der Waals surface area contributed by atoms with Gasteiger partial charge in [-0.05, 0) is 67.6 Å². The van der Waals surface area contributed by atoms with E-state index >= 15 is 0 Å². The van der Waals surface area contributed by atoms with Crippen LogP contribution in [0.1, 0.15) is 60.5 Å². The van der Waals surface area contributed by atoms with Crippen molar-refractivity contribution in [2.75, 3.05) is 14.1 Å². The van der Waals surface area contributed by atoms with Gasteiger partial charge in [-0.25, -0.2) is 0 Å². The number of nitrogens with zero attached hydrogens (tertiary/aromatic N) is 1. The third-order valence-electron chi connectivity index (χ3n) is 9.90. The minimum atomic E-state index is -2.70. The molecule has 0 heterocycles. The van der Waals surface area contributed by atoms with Gasteiger partial charge in [-0.2, -0.15) is 0 Å². The van der Waals surface area contributed by atoms with Gasteiger partial charge in [-0.15, -0.1) is 0 Å². The molecule has 1 amide bonds. The summed E-state index contributed by atoms with van der Waals surface area (Å²) in [6, 6.07) is 9.61. The second-order valence-electron chi connectivity index (χ2n) is 12.8. The number of aliphatic hydroxyl groups excluding tert-OH is 1. The molecule has 10 heteroatoms. The maximum atomic E-state index is 14.0. The first-order chi connectivity index (χ1) is 20.8. The fraction of sp³-hybridized carbons (Fsp3) is 0.500. The Hall–Kier alpha value is -3.73. The standard InChI is InChI=1S/C34H40N2O8/c1-4-5-6-7-20(37)14-17-8-10-18(11-9-17)21-12-13-24(38)26-22(21)15-19-16-23-28(36(2)3)30(40)27(33(35)43)32(42)34(23,44)31(41)25(19)29(26)39/h8-13,19,23,25,27-28,30,38,40,44H,4-7,14-16H2,1-3H3,(H2,35,43)/t19-,23-,25?,27?,28?,30?,34-/m1/s1. The summed E-state index contributed by atoms with van der Waals surface area (Å²) in [5.41, 5.74) is 5.59. The fourth-order valence-corrected chi connectivity index (χ4v) is 7.78. The molecule has 10 nitrogen and oxygen atoms in total. The Bertz CT molecular complexity index is 1520. The van der Waals surface area contributed by atoms with Crippen LogP contribution in [0.25, 0.3) is 11.1 Å². The van der Waals surface area contributed by atoms with Crippen LogP contribution in [0.15, 0.2) is 36.4 Å². The molecule has 5 rings (SSSR count). The van der Waals surface area contributed by atoms with Crippen molar-refractivity contribution in [3.05, 3.63) is 53.1 Å². The first-order valence-electron chi connectivity index (χ1n) is 15.3. The number of Topliss-reactive ketones (excluding diaryl/α,β-unsaturated/α-hetero) is 4. The average Bonchev–Trinajstić information content (AvgIpc) is 2.95. The van der Waals surface area contributed by atoms with Crippen molar-refractivity contribution in [1.82, 2.24) is 4.90 Å². The van der Waals surface area contributed by atoms with E-state index in [1.165, 1.54) is 6.07 Å². The molecule has 3 aliphatic rings. The van der Waals surface area contributed by atoms with Crippen molar-refractivity contribution < 1.29 is 39.3 Å². The second-order valence-corrected chi connectivity index (χ2v) is 12.8. The van der Waals surface area contributed by atoms with Gasteiger partial charge in [0, 0.05) is 24.8 Å². The third kappa shape index (κ3) is 5.08. The smallest absolute Gasteiger partial charge is 0.230 e. The van der Waals surface area contributed by atoms with Gasteiger partial charge >= 0.3 is 0 Å². The van der Waals surface area contributed by atoms with Crippen LogP contribution < -0.4 is 5.73 Å². The van der Waals surface area contributed by atoms with Crippen LogP contribution in [0.4, 0.5) is 0 Å². The zero-order chi connectivity index (χ0) is 32.1. The molecule has 2 aromatic rings. The number of fused-ring (bicyclic) bond motifs is 3. The molecule has 0 saturated heterocycles. The lowest BCUT2D eigenvalue weighted by atomic mass is 9.52. The van der Waals surface area contributed by atoms with Crippen LogP contribution in [-0.4, -0.2) is 81.1 Å². The quantitative estimate of drug-likeness (QED) is 0.246. The Morgan fingerprint density at radius 1 is 1.02 bits per heavy atom. The molecule has 3 aliphatic carbocycles. The number of carbonyl (C=O) groups is 5. The minimum Gasteiger partial charge on any atom is -0.507 e. The number of rotatable bonds is 9. The number of likely N-dealkylation sites (N-methyl/N-ethyl adjacent to an activating group) is 1. The van der Waals surface area contributed by atoms with Crippen molar-refractivity contribution in [2.45, 2.75) is 69.6 Å². The van der Waals surface area contributed by atoms with Crippen LogP contribution in [0.5, 0.6) is 5.75 Å². The molecule has 0 spiro atoms. The number of carbonyl (C=O) groups excluding carboxylic acids is 5. The molecular formula is C34H40N2O8. The van der Waals surface area contributed by atoms with E-state index in [4.69, 9.17) is 5.73 Å². The van der Waals surface area contributed by atoms with Gasteiger partial charge in [-0.3, -0.25) is 24.0 Å². The van der Waals surface area contributed by atoms with Crippen molar-refractivity contribution in [3.8, 4) is 16.9 Å². The SMILES string of the molecule is CCCCCC(=O)Cc1ccc(-c2ccc(O)c3c2C[C@@H]2C[C@@H]4C(N(C)C)C(O)C(C(N)=O)C(=O)[C@]4(O)C(=O)C2C3=O)cc1. The second kappa shape index (κ2) is 12.0. The number of ketones is 4. The molecule has 2 saturated carbocycles. The Morgan fingerprint density at radius 2 is 1.70 bits per heavy atom. The molecule has 234 valence electrons. The normalized spacial score (nSPS) is 29.6. The molecule has 2 fully saturated rings. The fourth-order valence-electron chi connectivity index (χ4n) is 7.78. The highest BCUT2D eigenvalue weighted by molar-refractivity contribution is 6.25. The summed E-state index contributed by atoms with van der Waals surface area (Å²) in [6.45, 7) is 2.09. The first kappa shape index (κ1) is 31.7. The lowest BCUT2D eigenvalue weighted by Gasteiger charge is -2.54. The molecule has 0 aliphatic heterocycles. The maximum Gasteiger partial charge on any atom is 0.230 e. The molecule has 0 aromatic heterocycles. The summed E-state index contributed by atoms with van der Waals surface area (Å²) in [6.07, 6.45) is 2.51. The number of nitrogens with two attached hydrogens (primary N) is 1. The number of hydrogen-bond donors (Lipinski definition) is 4. The number of aliphatic hydroxyl groups is 2. The Labute approximate surface area is 256 Å². The van der Waals surface area contributed by atoms with Crippen LogP contribution in [0, 0.1) is 23.7 Å². The lowest BCUT2D eigenvalue weighted by Crippen LogP contribution is -2.75. The highest BCUT2D eigenvalue weighted by Gasteiger charge is 2.69. The molecule has 2 aromatic carbocycles. The van der Waals surface area contributed by atoms with Gasteiger partial charge in [0.2, 0.25) is 5.91 Å². The number of aromatic hydroxyl groups is 1. The molecule has 7 atom stereocenters. The number of unbranched alkanes of at least 4 members (excludes halogenated alkanes) is 2. The van der Waals surface area contributed by atoms with E-state index in [1.54, 1.807) is 25.1 Å². The summed E-state index contributed by atoms with van der Waals surface area (Å²) in [5.74, 6) is -9.15. The van der Waals surface area contributed by atoms with E-state index in [-0.39, 0.29) is 29.9 Å². The van der Waals surface area contributed by atoms with Gasteiger partial charge in [-0.1, -0.05) is 50.1 Å². The third-order valence-corrected chi connectivity index (χ3v) is 9.90. The topological polar surface area (TPSA) is 175 Å². The monoisotopic (exact) mass is 604 g/mol. The van der Waals surface area contributed by atoms with Crippen LogP contribution in [0.2, 0.25) is 0 Å². The minimum absolute atomic E-state index is 0.0340. The molecule has 0 radical (unpaired) electrons. The van der Waals surface area contributed by atoms with Gasteiger partial charge in [0.15, 0.2) is 23.0 Å². The van der Waals surface area contributed by atoms with Gasteiger partial charge in [0.05, 0.1) is 17.6 Å². The van der Waals surface area contributed by atoms with Crippen molar-refractivity contribution >= 4 is 29.0 Å². The Morgan fingerprint density at radius 3 is 2.32 bits per heavy atom. The number of primary amides is 1. The van der Waals surface area contributed by atoms with Crippen LogP contribution >= 0.6 is 0 Å². The summed E-state index contributed by atoms with van der Waals surface area (Å²) < 4.78 is 0. The molecule has 44 heavy (non-hydrogen) atoms. The Balaban J connectivity index is 1.50. The highest BCUT2D eigenvalue weighted by Crippen LogP contribution is 2.52. The van der Waals surface area contributed by atoms with E-state index in [0.717, 1.165) is 30.4 Å². The molecule has 4 unspecified atom stereocenters. The van der Waals surface area contributed by atoms with E-state index < -0.39 is 64.7 Å². The Kier molecular flexibility index (Phi) is 8.63. The van der Waals surface area contributed by atoms with E-state index in [0.29, 0.717) is 24.0 Å². The predicted molar refractivity (Wildman–Crippen MR) is 161 cm³/mol. The zero-order valence-electron chi connectivity index (χ0n) is 25.3. The summed E-state index contributed by atoms with van der Waals surface area (Å²) in [4.78, 5) is 67.6. The van der Waals surface area contributed by atoms with Crippen LogP contribution in [0.3, 0.4) is 0 Å². The molecular weight excluding hydrogens is 564 g/mol. The number of hydrogen-bond acceptors (Lipinski definition) is 9. The number of amides is 1. The van der Waals surface area contributed by atoms with Gasteiger partial charge < -0.3 is 26.0 Å². The number of phenolic OH excluding ortho intramolecular Hbond substituents is 1. The first-order valence-corrected chi connectivity index (χ1v) is 15.3. The predicted octanol–water partition coefficient (Wildman–Crippen LogP) is 2.02. The van der Waals surface area contributed by atoms with Crippen molar-refractivity contribution in [1.29, 1.82) is 0 Å². The highest BCUT2D eigenvalue weighted by atomic mass is 16.3. The largest absolute Gasteiger partial charge is 0.507 e. The van der Waals surface area contributed by atoms with E-state index in [1.807, 2.05) is 24.3 Å². The van der Waals surface area contributed by atoms with Crippen molar-refractivity contribution in [2.24, 2.45) is 29.4 Å². The summed E-state index contributed by atoms with van der Waals surface area (Å²) >= 11 is 0. The average molecular weight is 605 g/mol. The number of benzene rings is 2. The van der Waals surface area contributed by atoms with Gasteiger partial charge in [0.25, 0.3) is 0 Å². The van der Waals surface area contributed by atoms with E-state index in [2.05, 4.69) is 6.92 Å². The maximum absolute atomic E-state index is 14.0. The van der Waals surface area contributed by atoms with E-state index in [9.17, 15) is 39.3 Å². The lowest BCUT2D eigenvalue weighted by molar-refractivity contribution is -0.190. The molecule has 0 bridgehead atoms. The van der Waals surface area contributed by atoms with Crippen molar-refractivity contribution in [3.63, 3.8) is 0 Å². The van der Waals surface area contributed by atoms with Crippen LogP contribution in [-0.2, 0) is 32.0 Å². The van der Waals surface area contributed by atoms with Gasteiger partial charge in [0.1, 0.15) is 17.5 Å².